The summed E-state index contributed by atoms with van der Waals surface area (Å²) in [6, 6.07) is 0. The molecule has 0 spiro atoms. The summed E-state index contributed by atoms with van der Waals surface area (Å²) in [6.45, 7) is 4.15. The third-order valence-corrected chi connectivity index (χ3v) is 1.90. The first kappa shape index (κ1) is 7.03. The van der Waals surface area contributed by atoms with E-state index in [1.807, 2.05) is 13.8 Å². The van der Waals surface area contributed by atoms with E-state index in [2.05, 4.69) is 0 Å². The maximum atomic E-state index is 8.82. The molecule has 0 aromatic heterocycles. The zero-order valence-electron chi connectivity index (χ0n) is 6.05. The van der Waals surface area contributed by atoms with Gasteiger partial charge in [0.15, 0.2) is 0 Å². The Morgan fingerprint density at radius 2 is 2.44 bits per heavy atom. The summed E-state index contributed by atoms with van der Waals surface area (Å²) in [7, 11) is 0. The topological polar surface area (TPSA) is 29.5 Å². The molecule has 0 aromatic rings. The maximum absolute atomic E-state index is 8.82. The first-order chi connectivity index (χ1) is 4.16. The van der Waals surface area contributed by atoms with Gasteiger partial charge in [-0.05, 0) is 26.7 Å². The monoisotopic (exact) mass is 130 g/mol. The SMILES string of the molecule is CC1CCC(C)(CO)O1. The van der Waals surface area contributed by atoms with E-state index in [0.29, 0.717) is 6.10 Å². The van der Waals surface area contributed by atoms with E-state index in [9.17, 15) is 0 Å². The predicted molar refractivity (Wildman–Crippen MR) is 35.3 cm³/mol. The summed E-state index contributed by atoms with van der Waals surface area (Å²) < 4.78 is 5.45. The Kier molecular flexibility index (Phi) is 1.78. The molecule has 1 heterocycles. The quantitative estimate of drug-likeness (QED) is 0.572. The second-order valence-corrected chi connectivity index (χ2v) is 3.08. The molecule has 2 heteroatoms. The zero-order valence-corrected chi connectivity index (χ0v) is 6.05. The van der Waals surface area contributed by atoms with Crippen LogP contribution in [0.25, 0.3) is 0 Å². The van der Waals surface area contributed by atoms with Gasteiger partial charge in [0.25, 0.3) is 0 Å². The second-order valence-electron chi connectivity index (χ2n) is 3.08. The lowest BCUT2D eigenvalue weighted by Crippen LogP contribution is -2.28. The molecule has 0 radical (unpaired) electrons. The van der Waals surface area contributed by atoms with Crippen molar-refractivity contribution in [2.24, 2.45) is 0 Å². The third kappa shape index (κ3) is 1.43. The highest BCUT2D eigenvalue weighted by Crippen LogP contribution is 2.28. The lowest BCUT2D eigenvalue weighted by molar-refractivity contribution is -0.0544. The molecule has 1 aliphatic heterocycles. The van der Waals surface area contributed by atoms with Crippen LogP contribution in [0.15, 0.2) is 0 Å². The largest absolute Gasteiger partial charge is 0.393 e. The molecule has 0 amide bonds. The van der Waals surface area contributed by atoms with Crippen LogP contribution in [0.2, 0.25) is 0 Å². The number of hydrogen-bond donors (Lipinski definition) is 1. The van der Waals surface area contributed by atoms with Gasteiger partial charge in [0.1, 0.15) is 0 Å². The van der Waals surface area contributed by atoms with Crippen molar-refractivity contribution in [1.82, 2.24) is 0 Å². The van der Waals surface area contributed by atoms with E-state index < -0.39 is 0 Å². The van der Waals surface area contributed by atoms with E-state index in [0.717, 1.165) is 12.8 Å². The highest BCUT2D eigenvalue weighted by Gasteiger charge is 2.32. The average molecular weight is 130 g/mol. The number of aliphatic hydroxyl groups is 1. The van der Waals surface area contributed by atoms with Gasteiger partial charge in [0, 0.05) is 0 Å². The van der Waals surface area contributed by atoms with Gasteiger partial charge in [0.2, 0.25) is 0 Å². The highest BCUT2D eigenvalue weighted by molar-refractivity contribution is 4.82. The lowest BCUT2D eigenvalue weighted by Gasteiger charge is -2.20. The zero-order chi connectivity index (χ0) is 6.91. The molecule has 1 rings (SSSR count). The molecule has 2 nitrogen and oxygen atoms in total. The number of hydrogen-bond acceptors (Lipinski definition) is 2. The Hall–Kier alpha value is -0.0800. The molecule has 0 aliphatic carbocycles. The molecule has 1 saturated heterocycles. The first-order valence-electron chi connectivity index (χ1n) is 3.45. The van der Waals surface area contributed by atoms with Crippen molar-refractivity contribution < 1.29 is 9.84 Å². The van der Waals surface area contributed by atoms with Crippen LogP contribution in [0, 0.1) is 0 Å². The molecule has 54 valence electrons. The fourth-order valence-corrected chi connectivity index (χ4v) is 1.23. The minimum Gasteiger partial charge on any atom is -0.393 e. The molecule has 1 fully saturated rings. The van der Waals surface area contributed by atoms with Crippen LogP contribution in [0.1, 0.15) is 26.7 Å². The van der Waals surface area contributed by atoms with Crippen LogP contribution in [-0.4, -0.2) is 23.4 Å². The number of aliphatic hydroxyl groups excluding tert-OH is 1. The Balaban J connectivity index is 2.45. The molecular weight excluding hydrogens is 116 g/mol. The second kappa shape index (κ2) is 2.27. The van der Waals surface area contributed by atoms with Gasteiger partial charge in [-0.15, -0.1) is 0 Å². The van der Waals surface area contributed by atoms with Gasteiger partial charge in [0.05, 0.1) is 18.3 Å². The van der Waals surface area contributed by atoms with Crippen molar-refractivity contribution in [3.63, 3.8) is 0 Å². The van der Waals surface area contributed by atoms with Crippen molar-refractivity contribution in [3.05, 3.63) is 0 Å². The molecule has 9 heavy (non-hydrogen) atoms. The van der Waals surface area contributed by atoms with Gasteiger partial charge >= 0.3 is 0 Å². The van der Waals surface area contributed by atoms with E-state index in [1.165, 1.54) is 0 Å². The molecule has 1 N–H and O–H groups in total. The Morgan fingerprint density at radius 3 is 2.67 bits per heavy atom. The van der Waals surface area contributed by atoms with E-state index in [4.69, 9.17) is 9.84 Å². The number of rotatable bonds is 1. The lowest BCUT2D eigenvalue weighted by atomic mass is 10.0. The van der Waals surface area contributed by atoms with Crippen molar-refractivity contribution >= 4 is 0 Å². The van der Waals surface area contributed by atoms with E-state index >= 15 is 0 Å². The minimum atomic E-state index is -0.237. The Morgan fingerprint density at radius 1 is 1.78 bits per heavy atom. The smallest absolute Gasteiger partial charge is 0.0888 e. The molecule has 1 aliphatic rings. The fourth-order valence-electron chi connectivity index (χ4n) is 1.23. The average Bonchev–Trinajstić information content (AvgIpc) is 2.13. The summed E-state index contributed by atoms with van der Waals surface area (Å²) in [4.78, 5) is 0. The molecular formula is C7H14O2. The van der Waals surface area contributed by atoms with Crippen molar-refractivity contribution in [1.29, 1.82) is 0 Å². The number of ether oxygens (including phenoxy) is 1. The summed E-state index contributed by atoms with van der Waals surface area (Å²) in [6.07, 6.45) is 2.41. The molecule has 0 saturated carbocycles. The van der Waals surface area contributed by atoms with Gasteiger partial charge in [-0.3, -0.25) is 0 Å². The Labute approximate surface area is 55.8 Å². The van der Waals surface area contributed by atoms with Gasteiger partial charge in [-0.25, -0.2) is 0 Å². The van der Waals surface area contributed by atoms with Crippen molar-refractivity contribution in [2.75, 3.05) is 6.61 Å². The van der Waals surface area contributed by atoms with Crippen LogP contribution >= 0.6 is 0 Å². The highest BCUT2D eigenvalue weighted by atomic mass is 16.5. The van der Waals surface area contributed by atoms with Crippen LogP contribution in [0.5, 0.6) is 0 Å². The predicted octanol–water partition coefficient (Wildman–Crippen LogP) is 0.936. The minimum absolute atomic E-state index is 0.150. The first-order valence-corrected chi connectivity index (χ1v) is 3.45. The summed E-state index contributed by atoms with van der Waals surface area (Å²) in [5.74, 6) is 0. The van der Waals surface area contributed by atoms with Gasteiger partial charge in [-0.2, -0.15) is 0 Å². The van der Waals surface area contributed by atoms with E-state index in [-0.39, 0.29) is 12.2 Å². The van der Waals surface area contributed by atoms with Gasteiger partial charge < -0.3 is 9.84 Å². The van der Waals surface area contributed by atoms with Crippen LogP contribution < -0.4 is 0 Å². The Bertz CT molecular complexity index is 103. The molecule has 2 atom stereocenters. The molecule has 0 aromatic carbocycles. The van der Waals surface area contributed by atoms with Crippen LogP contribution in [0.3, 0.4) is 0 Å². The normalized spacial score (nSPS) is 43.7. The van der Waals surface area contributed by atoms with Gasteiger partial charge in [-0.1, -0.05) is 0 Å². The van der Waals surface area contributed by atoms with Crippen LogP contribution in [-0.2, 0) is 4.74 Å². The summed E-state index contributed by atoms with van der Waals surface area (Å²) in [5, 5.41) is 8.82. The van der Waals surface area contributed by atoms with Crippen molar-refractivity contribution in [3.8, 4) is 0 Å². The third-order valence-electron chi connectivity index (χ3n) is 1.90. The summed E-state index contributed by atoms with van der Waals surface area (Å²) in [5.41, 5.74) is -0.237. The fraction of sp³-hybridized carbons (Fsp3) is 1.00. The van der Waals surface area contributed by atoms with Crippen LogP contribution in [0.4, 0.5) is 0 Å². The molecule has 0 bridgehead atoms. The van der Waals surface area contributed by atoms with E-state index in [1.54, 1.807) is 0 Å². The standard InChI is InChI=1S/C7H14O2/c1-6-3-4-7(2,5-8)9-6/h6,8H,3-5H2,1-2H3. The van der Waals surface area contributed by atoms with Crippen molar-refractivity contribution in [2.45, 2.75) is 38.4 Å². The summed E-state index contributed by atoms with van der Waals surface area (Å²) >= 11 is 0. The maximum Gasteiger partial charge on any atom is 0.0888 e. The molecule has 2 unspecified atom stereocenters.